The van der Waals surface area contributed by atoms with Crippen LogP contribution in [-0.2, 0) is 13.6 Å². The Morgan fingerprint density at radius 3 is 2.08 bits per heavy atom. The average Bonchev–Trinajstić information content (AvgIpc) is 2.55. The van der Waals surface area contributed by atoms with Gasteiger partial charge in [0.1, 0.15) is 0 Å². The molecular weight excluding hydrogens is 374 g/mol. The van der Waals surface area contributed by atoms with Gasteiger partial charge in [0.05, 0.1) is 12.2 Å². The quantitative estimate of drug-likeness (QED) is 0.251. The first-order chi connectivity index (χ1) is 11.9. The zero-order valence-corrected chi connectivity index (χ0v) is 21.3. The second kappa shape index (κ2) is 15.1. The zero-order valence-electron chi connectivity index (χ0n) is 17.2. The van der Waals surface area contributed by atoms with E-state index in [1.54, 1.807) is 13.0 Å². The second-order valence-corrected chi connectivity index (χ2v) is 8.61. The number of hydrogen-bond donors (Lipinski definition) is 0. The predicted molar refractivity (Wildman–Crippen MR) is 102 cm³/mol. The van der Waals surface area contributed by atoms with Crippen LogP contribution in [0.15, 0.2) is 24.3 Å². The van der Waals surface area contributed by atoms with E-state index in [2.05, 4.69) is 6.92 Å². The van der Waals surface area contributed by atoms with Gasteiger partial charge < -0.3 is 13.9 Å². The molecular formula is C20H36KO4P. The Hall–Kier alpha value is 1.23. The van der Waals surface area contributed by atoms with Gasteiger partial charge in [-0.15, -0.1) is 0 Å². The third-order valence-electron chi connectivity index (χ3n) is 4.90. The van der Waals surface area contributed by atoms with Gasteiger partial charge in [-0.1, -0.05) is 95.9 Å². The number of unbranched alkanes of at least 4 members (excludes halogenated alkanes) is 9. The summed E-state index contributed by atoms with van der Waals surface area (Å²) in [5.74, 6) is -0.0132. The van der Waals surface area contributed by atoms with Gasteiger partial charge in [0, 0.05) is 5.92 Å². The minimum Gasteiger partial charge on any atom is -0.756 e. The van der Waals surface area contributed by atoms with E-state index < -0.39 is 13.4 Å². The summed E-state index contributed by atoms with van der Waals surface area (Å²) in [5, 5.41) is 0. The molecule has 146 valence electrons. The van der Waals surface area contributed by atoms with Crippen molar-refractivity contribution in [3.05, 3.63) is 24.3 Å². The molecule has 1 aliphatic rings. The van der Waals surface area contributed by atoms with Crippen LogP contribution in [0.3, 0.4) is 0 Å². The third kappa shape index (κ3) is 11.9. The van der Waals surface area contributed by atoms with E-state index in [1.807, 2.05) is 25.2 Å². The van der Waals surface area contributed by atoms with Crippen LogP contribution in [0.25, 0.3) is 0 Å². The fourth-order valence-corrected chi connectivity index (χ4v) is 4.08. The molecule has 0 aromatic rings. The van der Waals surface area contributed by atoms with Crippen LogP contribution in [0.4, 0.5) is 0 Å². The second-order valence-electron chi connectivity index (χ2n) is 7.27. The molecule has 0 aromatic heterocycles. The summed E-state index contributed by atoms with van der Waals surface area (Å²) < 4.78 is 22.4. The molecule has 1 aliphatic carbocycles. The van der Waals surface area contributed by atoms with Gasteiger partial charge in [-0.05, 0) is 13.3 Å². The molecule has 0 aromatic carbocycles. The van der Waals surface area contributed by atoms with E-state index >= 15 is 0 Å². The Morgan fingerprint density at radius 2 is 1.54 bits per heavy atom. The molecule has 26 heavy (non-hydrogen) atoms. The molecule has 0 heterocycles. The standard InChI is InChI=1S/C20H37O4P.K/c1-4-5-6-7-8-9-10-11-12-15-18-23-25(21,22)24-20(3)17-14-13-16-19(20)2;/h13-14,16-17,19H,4-12,15,18H2,1-3H3,(H,21,22);/q;+1/p-1. The monoisotopic (exact) mass is 410 g/mol. The third-order valence-corrected chi connectivity index (χ3v) is 6.01. The smallest absolute Gasteiger partial charge is 0.756 e. The Morgan fingerprint density at radius 1 is 1.00 bits per heavy atom. The SMILES string of the molecule is CCCCCCCCCCCCOP(=O)([O-])OC1(C)C=CC=CC1C.[K+]. The largest absolute Gasteiger partial charge is 1.00 e. The molecule has 0 radical (unpaired) electrons. The molecule has 3 unspecified atom stereocenters. The van der Waals surface area contributed by atoms with Crippen LogP contribution in [0.5, 0.6) is 0 Å². The Labute approximate surface area is 203 Å². The molecule has 1 rings (SSSR count). The van der Waals surface area contributed by atoms with E-state index in [9.17, 15) is 9.46 Å². The van der Waals surface area contributed by atoms with Crippen molar-refractivity contribution in [3.63, 3.8) is 0 Å². The van der Waals surface area contributed by atoms with E-state index in [-0.39, 0.29) is 63.9 Å². The number of phosphoric acid groups is 1. The molecule has 0 N–H and O–H groups in total. The summed E-state index contributed by atoms with van der Waals surface area (Å²) in [4.78, 5) is 12.0. The van der Waals surface area contributed by atoms with Crippen molar-refractivity contribution in [1.29, 1.82) is 0 Å². The van der Waals surface area contributed by atoms with Crippen LogP contribution in [0, 0.1) is 5.92 Å². The Bertz CT molecular complexity index is 467. The first-order valence-electron chi connectivity index (χ1n) is 9.92. The van der Waals surface area contributed by atoms with Crippen LogP contribution in [0.1, 0.15) is 85.0 Å². The molecule has 0 spiro atoms. The summed E-state index contributed by atoms with van der Waals surface area (Å²) in [6, 6.07) is 0. The minimum absolute atomic E-state index is 0. The number of allylic oxidation sites excluding steroid dienone is 2. The number of rotatable bonds is 14. The minimum atomic E-state index is -4.28. The van der Waals surface area contributed by atoms with Crippen LogP contribution < -0.4 is 56.3 Å². The van der Waals surface area contributed by atoms with Crippen molar-refractivity contribution < 1.29 is 69.9 Å². The molecule has 0 amide bonds. The van der Waals surface area contributed by atoms with Crippen LogP contribution in [0.2, 0.25) is 0 Å². The molecule has 4 nitrogen and oxygen atoms in total. The van der Waals surface area contributed by atoms with Crippen LogP contribution in [-0.4, -0.2) is 12.2 Å². The molecule has 0 aliphatic heterocycles. The number of hydrogen-bond acceptors (Lipinski definition) is 4. The van der Waals surface area contributed by atoms with Crippen molar-refractivity contribution in [3.8, 4) is 0 Å². The molecule has 3 atom stereocenters. The molecule has 0 saturated heterocycles. The van der Waals surface area contributed by atoms with Gasteiger partial charge >= 0.3 is 51.4 Å². The van der Waals surface area contributed by atoms with E-state index in [4.69, 9.17) is 9.05 Å². The molecule has 0 bridgehead atoms. The molecule has 0 fully saturated rings. The summed E-state index contributed by atoms with van der Waals surface area (Å²) >= 11 is 0. The van der Waals surface area contributed by atoms with Crippen molar-refractivity contribution in [1.82, 2.24) is 0 Å². The van der Waals surface area contributed by atoms with E-state index in [1.165, 1.54) is 44.9 Å². The van der Waals surface area contributed by atoms with Gasteiger partial charge in [-0.2, -0.15) is 0 Å². The van der Waals surface area contributed by atoms with Gasteiger partial charge in [-0.3, -0.25) is 4.57 Å². The fourth-order valence-electron chi connectivity index (χ4n) is 2.97. The fraction of sp³-hybridized carbons (Fsp3) is 0.800. The Balaban J connectivity index is 0.00000625. The van der Waals surface area contributed by atoms with Crippen molar-refractivity contribution >= 4 is 7.82 Å². The first kappa shape index (κ1) is 27.2. The van der Waals surface area contributed by atoms with Crippen LogP contribution >= 0.6 is 7.82 Å². The first-order valence-corrected chi connectivity index (χ1v) is 11.4. The van der Waals surface area contributed by atoms with E-state index in [0.29, 0.717) is 0 Å². The normalized spacial score (nSPS) is 24.2. The number of phosphoric ester groups is 1. The van der Waals surface area contributed by atoms with Crippen molar-refractivity contribution in [2.24, 2.45) is 5.92 Å². The van der Waals surface area contributed by atoms with Gasteiger partial charge in [0.25, 0.3) is 7.82 Å². The summed E-state index contributed by atoms with van der Waals surface area (Å²) in [5.41, 5.74) is -0.857. The van der Waals surface area contributed by atoms with Gasteiger partial charge in [0.15, 0.2) is 0 Å². The zero-order chi connectivity index (χ0) is 18.6. The summed E-state index contributed by atoms with van der Waals surface area (Å²) in [6.45, 7) is 6.15. The van der Waals surface area contributed by atoms with Gasteiger partial charge in [-0.25, -0.2) is 0 Å². The molecule has 0 saturated carbocycles. The topological polar surface area (TPSA) is 58.6 Å². The van der Waals surface area contributed by atoms with Crippen molar-refractivity contribution in [2.45, 2.75) is 90.6 Å². The average molecular weight is 411 g/mol. The summed E-state index contributed by atoms with van der Waals surface area (Å²) in [6.07, 6.45) is 19.5. The maximum absolute atomic E-state index is 12.0. The van der Waals surface area contributed by atoms with E-state index in [0.717, 1.165) is 19.3 Å². The Kier molecular flexibility index (Phi) is 15.8. The maximum Gasteiger partial charge on any atom is 1.00 e. The summed E-state index contributed by atoms with van der Waals surface area (Å²) in [7, 11) is -4.28. The predicted octanol–water partition coefficient (Wildman–Crippen LogP) is 2.93. The maximum atomic E-state index is 12.0. The van der Waals surface area contributed by atoms with Crippen molar-refractivity contribution in [2.75, 3.05) is 6.61 Å². The van der Waals surface area contributed by atoms with Gasteiger partial charge in [0.2, 0.25) is 0 Å². The molecule has 6 heteroatoms.